The fourth-order valence-electron chi connectivity index (χ4n) is 6.66. The summed E-state index contributed by atoms with van der Waals surface area (Å²) in [5.41, 5.74) is 0. The third-order valence-electron chi connectivity index (χ3n) is 10.5. The molecular formula is C55H92O6. The zero-order chi connectivity index (χ0) is 44.4. The second-order valence-electron chi connectivity index (χ2n) is 16.4. The maximum Gasteiger partial charge on any atom is 0.306 e. The van der Waals surface area contributed by atoms with Crippen molar-refractivity contribution in [2.45, 2.75) is 232 Å². The summed E-state index contributed by atoms with van der Waals surface area (Å²) >= 11 is 0. The molecule has 0 spiro atoms. The van der Waals surface area contributed by atoms with Gasteiger partial charge in [0.2, 0.25) is 0 Å². The van der Waals surface area contributed by atoms with Crippen LogP contribution in [0.15, 0.2) is 85.1 Å². The van der Waals surface area contributed by atoms with E-state index >= 15 is 0 Å². The standard InChI is InChI=1S/C55H92O6/c1-4-7-10-13-16-19-22-25-27-30-33-36-39-42-45-48-54(57)60-51-52(50-59-53(56)47-44-41-38-35-32-29-24-21-18-15-12-9-6-3)61-55(58)49-46-43-40-37-34-31-28-26-23-20-17-14-11-8-5-2/h7,10,13,16-17,19-20,22-23,26,29,32,38,41,52H,4-6,8-9,11-12,14-15,18,21,24-25,27-28,30-31,33-37,39-40,42-51H2,1-3H3/b10-7-,16-13-,20-17-,22-19-,26-23-,32-29-,41-38-. The molecule has 0 aliphatic heterocycles. The van der Waals surface area contributed by atoms with Crippen molar-refractivity contribution in [1.82, 2.24) is 0 Å². The van der Waals surface area contributed by atoms with Gasteiger partial charge in [0.05, 0.1) is 0 Å². The van der Waals surface area contributed by atoms with Crippen LogP contribution in [0.2, 0.25) is 0 Å². The molecule has 0 amide bonds. The number of esters is 3. The van der Waals surface area contributed by atoms with E-state index in [9.17, 15) is 14.4 Å². The highest BCUT2D eigenvalue weighted by Crippen LogP contribution is 2.13. The number of carbonyl (C=O) groups is 3. The van der Waals surface area contributed by atoms with E-state index in [1.54, 1.807) is 0 Å². The molecule has 348 valence electrons. The highest BCUT2D eigenvalue weighted by molar-refractivity contribution is 5.71. The maximum atomic E-state index is 12.8. The van der Waals surface area contributed by atoms with E-state index in [-0.39, 0.29) is 37.5 Å². The van der Waals surface area contributed by atoms with Gasteiger partial charge in [0, 0.05) is 19.3 Å². The van der Waals surface area contributed by atoms with Crippen LogP contribution < -0.4 is 0 Å². The van der Waals surface area contributed by atoms with Crippen LogP contribution in [0, 0.1) is 0 Å². The second kappa shape index (κ2) is 49.2. The number of hydrogen-bond acceptors (Lipinski definition) is 6. The number of rotatable bonds is 44. The Balaban J connectivity index is 4.49. The fourth-order valence-corrected chi connectivity index (χ4v) is 6.66. The van der Waals surface area contributed by atoms with Gasteiger partial charge in [0.25, 0.3) is 0 Å². The molecule has 0 aliphatic carbocycles. The van der Waals surface area contributed by atoms with Crippen molar-refractivity contribution in [3.63, 3.8) is 0 Å². The Bertz CT molecular complexity index is 1200. The van der Waals surface area contributed by atoms with E-state index in [0.29, 0.717) is 19.3 Å². The van der Waals surface area contributed by atoms with Crippen LogP contribution in [0.4, 0.5) is 0 Å². The minimum atomic E-state index is -0.810. The van der Waals surface area contributed by atoms with Gasteiger partial charge in [0.15, 0.2) is 6.10 Å². The van der Waals surface area contributed by atoms with Crippen LogP contribution >= 0.6 is 0 Å². The van der Waals surface area contributed by atoms with Crippen molar-refractivity contribution in [2.75, 3.05) is 13.2 Å². The summed E-state index contributed by atoms with van der Waals surface area (Å²) < 4.78 is 16.7. The molecule has 61 heavy (non-hydrogen) atoms. The quantitative estimate of drug-likeness (QED) is 0.0200. The van der Waals surface area contributed by atoms with E-state index in [0.717, 1.165) is 77.0 Å². The summed E-state index contributed by atoms with van der Waals surface area (Å²) in [6, 6.07) is 0. The minimum Gasteiger partial charge on any atom is -0.462 e. The summed E-state index contributed by atoms with van der Waals surface area (Å²) in [7, 11) is 0. The van der Waals surface area contributed by atoms with Crippen LogP contribution in [0.5, 0.6) is 0 Å². The first-order chi connectivity index (χ1) is 30.0. The molecule has 0 saturated heterocycles. The molecule has 0 heterocycles. The van der Waals surface area contributed by atoms with Crippen LogP contribution in [0.1, 0.15) is 226 Å². The van der Waals surface area contributed by atoms with Gasteiger partial charge in [0.1, 0.15) is 13.2 Å². The molecule has 0 saturated carbocycles. The van der Waals surface area contributed by atoms with E-state index in [1.807, 2.05) is 6.08 Å². The maximum absolute atomic E-state index is 12.8. The topological polar surface area (TPSA) is 78.9 Å². The van der Waals surface area contributed by atoms with Crippen molar-refractivity contribution >= 4 is 17.9 Å². The van der Waals surface area contributed by atoms with Crippen molar-refractivity contribution in [1.29, 1.82) is 0 Å². The van der Waals surface area contributed by atoms with Gasteiger partial charge in [-0.05, 0) is 83.5 Å². The molecule has 6 nitrogen and oxygen atoms in total. The van der Waals surface area contributed by atoms with Crippen LogP contribution in [-0.2, 0) is 28.6 Å². The van der Waals surface area contributed by atoms with E-state index in [4.69, 9.17) is 14.2 Å². The molecule has 1 unspecified atom stereocenters. The first kappa shape index (κ1) is 57.6. The summed E-state index contributed by atoms with van der Waals surface area (Å²) in [4.78, 5) is 37.9. The Morgan fingerprint density at radius 1 is 0.361 bits per heavy atom. The van der Waals surface area contributed by atoms with Crippen molar-refractivity contribution in [3.05, 3.63) is 85.1 Å². The number of unbranched alkanes of at least 4 members (excludes halogenated alkanes) is 22. The monoisotopic (exact) mass is 849 g/mol. The van der Waals surface area contributed by atoms with Crippen molar-refractivity contribution in [2.24, 2.45) is 0 Å². The summed E-state index contributed by atoms with van der Waals surface area (Å²) in [6.45, 7) is 6.39. The summed E-state index contributed by atoms with van der Waals surface area (Å²) in [6.07, 6.45) is 62.9. The molecule has 0 radical (unpaired) electrons. The number of ether oxygens (including phenoxy) is 3. The molecule has 0 N–H and O–H groups in total. The summed E-state index contributed by atoms with van der Waals surface area (Å²) in [5, 5.41) is 0. The minimum absolute atomic E-state index is 0.106. The normalized spacial score (nSPS) is 12.8. The lowest BCUT2D eigenvalue weighted by atomic mass is 10.1. The van der Waals surface area contributed by atoms with Crippen LogP contribution in [0.25, 0.3) is 0 Å². The second-order valence-corrected chi connectivity index (χ2v) is 16.4. The van der Waals surface area contributed by atoms with E-state index in [1.165, 1.54) is 103 Å². The SMILES string of the molecule is CC\C=C/C=C\C=C/CCCCCCCCCC(=O)OCC(COC(=O)CC/C=C\C/C=C\CCCCCCCC)OC(=O)CCCCCCCC/C=C\C=C/CCCCC. The number of allylic oxidation sites excluding steroid dienone is 14. The predicted octanol–water partition coefficient (Wildman–Crippen LogP) is 16.4. The highest BCUT2D eigenvalue weighted by atomic mass is 16.6. The molecule has 0 aromatic rings. The van der Waals surface area contributed by atoms with Gasteiger partial charge in [-0.3, -0.25) is 14.4 Å². The van der Waals surface area contributed by atoms with Crippen molar-refractivity contribution < 1.29 is 28.6 Å². The molecule has 0 aromatic carbocycles. The Kier molecular flexibility index (Phi) is 46.5. The van der Waals surface area contributed by atoms with Crippen LogP contribution in [-0.4, -0.2) is 37.2 Å². The highest BCUT2D eigenvalue weighted by Gasteiger charge is 2.19. The molecule has 0 rings (SSSR count). The number of carbonyl (C=O) groups excluding carboxylic acids is 3. The van der Waals surface area contributed by atoms with Gasteiger partial charge < -0.3 is 14.2 Å². The molecule has 1 atom stereocenters. The average molecular weight is 849 g/mol. The lowest BCUT2D eigenvalue weighted by Gasteiger charge is -2.18. The lowest BCUT2D eigenvalue weighted by molar-refractivity contribution is -0.166. The van der Waals surface area contributed by atoms with Gasteiger partial charge in [-0.15, -0.1) is 0 Å². The molecule has 0 fully saturated rings. The van der Waals surface area contributed by atoms with Gasteiger partial charge >= 0.3 is 17.9 Å². The smallest absolute Gasteiger partial charge is 0.306 e. The van der Waals surface area contributed by atoms with Crippen molar-refractivity contribution in [3.8, 4) is 0 Å². The number of hydrogen-bond donors (Lipinski definition) is 0. The van der Waals surface area contributed by atoms with E-state index in [2.05, 4.69) is 99.8 Å². The Morgan fingerprint density at radius 3 is 1.26 bits per heavy atom. The molecule has 0 bridgehead atoms. The summed E-state index contributed by atoms with van der Waals surface area (Å²) in [5.74, 6) is -1.00. The lowest BCUT2D eigenvalue weighted by Crippen LogP contribution is -2.30. The largest absolute Gasteiger partial charge is 0.462 e. The first-order valence-corrected chi connectivity index (χ1v) is 25.1. The third-order valence-corrected chi connectivity index (χ3v) is 10.5. The van der Waals surface area contributed by atoms with E-state index < -0.39 is 6.10 Å². The molecule has 0 aromatic heterocycles. The van der Waals surface area contributed by atoms with Gasteiger partial charge in [-0.1, -0.05) is 209 Å². The first-order valence-electron chi connectivity index (χ1n) is 25.1. The van der Waals surface area contributed by atoms with Gasteiger partial charge in [-0.2, -0.15) is 0 Å². The molecule has 0 aliphatic rings. The van der Waals surface area contributed by atoms with Crippen LogP contribution in [0.3, 0.4) is 0 Å². The zero-order valence-electron chi connectivity index (χ0n) is 39.7. The third kappa shape index (κ3) is 47.5. The molecular weight excluding hydrogens is 757 g/mol. The zero-order valence-corrected chi connectivity index (χ0v) is 39.7. The van der Waals surface area contributed by atoms with Gasteiger partial charge in [-0.25, -0.2) is 0 Å². The Labute approximate surface area is 375 Å². The average Bonchev–Trinajstić information content (AvgIpc) is 3.26. The Hall–Kier alpha value is -3.41. The predicted molar refractivity (Wildman–Crippen MR) is 261 cm³/mol. The Morgan fingerprint density at radius 2 is 0.738 bits per heavy atom. The fraction of sp³-hybridized carbons (Fsp3) is 0.691. The molecule has 6 heteroatoms.